The Labute approximate surface area is 129 Å². The second-order valence-electron chi connectivity index (χ2n) is 5.75. The molecule has 1 aliphatic heterocycles. The van der Waals surface area contributed by atoms with Gasteiger partial charge in [0.1, 0.15) is 0 Å². The van der Waals surface area contributed by atoms with Crippen molar-refractivity contribution in [2.45, 2.75) is 25.8 Å². The van der Waals surface area contributed by atoms with E-state index >= 15 is 0 Å². The Bertz CT molecular complexity index is 624. The van der Waals surface area contributed by atoms with Gasteiger partial charge in [-0.1, -0.05) is 24.2 Å². The number of hydrogen-bond donors (Lipinski definition) is 1. The maximum atomic E-state index is 12.7. The van der Waals surface area contributed by atoms with E-state index in [9.17, 15) is 4.79 Å². The summed E-state index contributed by atoms with van der Waals surface area (Å²) in [6, 6.07) is 7.41. The van der Waals surface area contributed by atoms with Gasteiger partial charge < -0.3 is 15.2 Å². The normalized spacial score (nSPS) is 21.8. The average Bonchev–Trinajstić information content (AvgIpc) is 3.08. The maximum Gasteiger partial charge on any atom is 0.254 e. The maximum absolute atomic E-state index is 12.7. The number of nitrogens with two attached hydrogens (primary N) is 1. The van der Waals surface area contributed by atoms with E-state index in [-0.39, 0.29) is 11.9 Å². The molecular weight excluding hydrogens is 280 g/mol. The van der Waals surface area contributed by atoms with E-state index in [0.29, 0.717) is 23.9 Å². The van der Waals surface area contributed by atoms with Gasteiger partial charge in [-0.2, -0.15) is 4.98 Å². The SMILES string of the molecule is C[C@@H]1CCCN(C(=O)c2ccc(-c3ncon3)cc2)[C@H]1CN. The molecule has 3 rings (SSSR count). The highest BCUT2D eigenvalue weighted by atomic mass is 16.5. The third-order valence-electron chi connectivity index (χ3n) is 4.37. The first-order chi connectivity index (χ1) is 10.7. The lowest BCUT2D eigenvalue weighted by atomic mass is 9.90. The summed E-state index contributed by atoms with van der Waals surface area (Å²) >= 11 is 0. The smallest absolute Gasteiger partial charge is 0.254 e. The van der Waals surface area contributed by atoms with Crippen molar-refractivity contribution in [3.63, 3.8) is 0 Å². The molecule has 2 heterocycles. The van der Waals surface area contributed by atoms with Gasteiger partial charge in [-0.3, -0.25) is 4.79 Å². The molecule has 2 aromatic rings. The molecule has 6 heteroatoms. The fraction of sp³-hybridized carbons (Fsp3) is 0.438. The standard InChI is InChI=1S/C16H20N4O2/c1-11-3-2-8-20(14(11)9-17)16(21)13-6-4-12(5-7-13)15-18-10-22-19-15/h4-7,10-11,14H,2-3,8-9,17H2,1H3/t11-,14+/m1/s1. The van der Waals surface area contributed by atoms with Crippen LogP contribution in [0.5, 0.6) is 0 Å². The summed E-state index contributed by atoms with van der Waals surface area (Å²) in [5, 5.41) is 3.79. The van der Waals surface area contributed by atoms with Crippen LogP contribution in [0.1, 0.15) is 30.1 Å². The Morgan fingerprint density at radius 3 is 2.82 bits per heavy atom. The van der Waals surface area contributed by atoms with E-state index in [1.165, 1.54) is 6.39 Å². The lowest BCUT2D eigenvalue weighted by molar-refractivity contribution is 0.0532. The van der Waals surface area contributed by atoms with Crippen LogP contribution >= 0.6 is 0 Å². The quantitative estimate of drug-likeness (QED) is 0.936. The van der Waals surface area contributed by atoms with Gasteiger partial charge in [0, 0.05) is 30.3 Å². The summed E-state index contributed by atoms with van der Waals surface area (Å²) in [7, 11) is 0. The Hall–Kier alpha value is -2.21. The number of benzene rings is 1. The van der Waals surface area contributed by atoms with Crippen molar-refractivity contribution in [3.8, 4) is 11.4 Å². The average molecular weight is 300 g/mol. The largest absolute Gasteiger partial charge is 0.342 e. The number of carbonyl (C=O) groups is 1. The van der Waals surface area contributed by atoms with Gasteiger partial charge in [0.05, 0.1) is 0 Å². The number of likely N-dealkylation sites (tertiary alicyclic amines) is 1. The predicted octanol–water partition coefficient (Wildman–Crippen LogP) is 1.94. The fourth-order valence-corrected chi connectivity index (χ4v) is 3.09. The zero-order valence-electron chi connectivity index (χ0n) is 12.6. The summed E-state index contributed by atoms with van der Waals surface area (Å²) in [5.41, 5.74) is 7.36. The Kier molecular flexibility index (Phi) is 4.20. The van der Waals surface area contributed by atoms with Gasteiger partial charge in [-0.15, -0.1) is 0 Å². The van der Waals surface area contributed by atoms with Crippen molar-refractivity contribution in [2.24, 2.45) is 11.7 Å². The molecule has 1 saturated heterocycles. The number of nitrogens with zero attached hydrogens (tertiary/aromatic N) is 3. The highest BCUT2D eigenvalue weighted by Gasteiger charge is 2.31. The van der Waals surface area contributed by atoms with Crippen LogP contribution in [0.15, 0.2) is 35.2 Å². The molecule has 0 spiro atoms. The molecule has 0 unspecified atom stereocenters. The van der Waals surface area contributed by atoms with E-state index in [1.54, 1.807) is 12.1 Å². The second-order valence-corrected chi connectivity index (χ2v) is 5.75. The molecular formula is C16H20N4O2. The van der Waals surface area contributed by atoms with Gasteiger partial charge in [0.2, 0.25) is 12.2 Å². The van der Waals surface area contributed by atoms with E-state index in [2.05, 4.69) is 17.1 Å². The molecule has 1 amide bonds. The topological polar surface area (TPSA) is 85.2 Å². The number of aromatic nitrogens is 2. The van der Waals surface area contributed by atoms with E-state index in [1.807, 2.05) is 17.0 Å². The number of rotatable bonds is 3. The van der Waals surface area contributed by atoms with Crippen LogP contribution in [-0.2, 0) is 0 Å². The first kappa shape index (κ1) is 14.7. The molecule has 0 radical (unpaired) electrons. The molecule has 0 aliphatic carbocycles. The molecule has 2 N–H and O–H groups in total. The van der Waals surface area contributed by atoms with Crippen molar-refractivity contribution >= 4 is 5.91 Å². The number of piperidine rings is 1. The molecule has 1 aromatic carbocycles. The fourth-order valence-electron chi connectivity index (χ4n) is 3.09. The zero-order chi connectivity index (χ0) is 15.5. The molecule has 1 fully saturated rings. The Balaban J connectivity index is 1.79. The molecule has 116 valence electrons. The van der Waals surface area contributed by atoms with Crippen molar-refractivity contribution < 1.29 is 9.32 Å². The first-order valence-corrected chi connectivity index (χ1v) is 7.58. The molecule has 1 aliphatic rings. The van der Waals surface area contributed by atoms with Crippen molar-refractivity contribution in [3.05, 3.63) is 36.2 Å². The lowest BCUT2D eigenvalue weighted by Crippen LogP contribution is -2.51. The molecule has 2 atom stereocenters. The van der Waals surface area contributed by atoms with E-state index < -0.39 is 0 Å². The number of amides is 1. The summed E-state index contributed by atoms with van der Waals surface area (Å²) in [4.78, 5) is 18.6. The summed E-state index contributed by atoms with van der Waals surface area (Å²) in [6.45, 7) is 3.45. The zero-order valence-corrected chi connectivity index (χ0v) is 12.6. The van der Waals surface area contributed by atoms with Gasteiger partial charge in [0.25, 0.3) is 5.91 Å². The van der Waals surface area contributed by atoms with E-state index in [4.69, 9.17) is 10.3 Å². The molecule has 0 bridgehead atoms. The second kappa shape index (κ2) is 6.27. The summed E-state index contributed by atoms with van der Waals surface area (Å²) in [5.74, 6) is 1.01. The summed E-state index contributed by atoms with van der Waals surface area (Å²) in [6.07, 6.45) is 3.45. The Morgan fingerprint density at radius 2 is 2.18 bits per heavy atom. The Morgan fingerprint density at radius 1 is 1.41 bits per heavy atom. The minimum atomic E-state index is 0.0432. The van der Waals surface area contributed by atoms with Crippen LogP contribution < -0.4 is 5.73 Å². The molecule has 22 heavy (non-hydrogen) atoms. The third-order valence-corrected chi connectivity index (χ3v) is 4.37. The van der Waals surface area contributed by atoms with Crippen LogP contribution in [0.25, 0.3) is 11.4 Å². The monoisotopic (exact) mass is 300 g/mol. The van der Waals surface area contributed by atoms with Crippen LogP contribution in [0.3, 0.4) is 0 Å². The highest BCUT2D eigenvalue weighted by molar-refractivity contribution is 5.95. The van der Waals surface area contributed by atoms with Crippen LogP contribution in [0, 0.1) is 5.92 Å². The third kappa shape index (κ3) is 2.74. The van der Waals surface area contributed by atoms with Gasteiger partial charge in [-0.05, 0) is 30.9 Å². The van der Waals surface area contributed by atoms with Gasteiger partial charge >= 0.3 is 0 Å². The van der Waals surface area contributed by atoms with Crippen LogP contribution in [0.2, 0.25) is 0 Å². The van der Waals surface area contributed by atoms with Crippen LogP contribution in [0.4, 0.5) is 0 Å². The molecule has 0 saturated carbocycles. The van der Waals surface area contributed by atoms with Crippen molar-refractivity contribution in [1.82, 2.24) is 15.0 Å². The number of hydrogen-bond acceptors (Lipinski definition) is 5. The van der Waals surface area contributed by atoms with Crippen molar-refractivity contribution in [2.75, 3.05) is 13.1 Å². The first-order valence-electron chi connectivity index (χ1n) is 7.58. The minimum absolute atomic E-state index is 0.0432. The summed E-state index contributed by atoms with van der Waals surface area (Å²) < 4.78 is 4.73. The minimum Gasteiger partial charge on any atom is -0.342 e. The molecule has 1 aromatic heterocycles. The van der Waals surface area contributed by atoms with Crippen LogP contribution in [-0.4, -0.2) is 40.1 Å². The van der Waals surface area contributed by atoms with Gasteiger partial charge in [0.15, 0.2) is 0 Å². The van der Waals surface area contributed by atoms with Gasteiger partial charge in [-0.25, -0.2) is 0 Å². The molecule has 6 nitrogen and oxygen atoms in total. The highest BCUT2D eigenvalue weighted by Crippen LogP contribution is 2.25. The lowest BCUT2D eigenvalue weighted by Gasteiger charge is -2.39. The van der Waals surface area contributed by atoms with E-state index in [0.717, 1.165) is 24.9 Å². The number of carbonyl (C=O) groups excluding carboxylic acids is 1. The predicted molar refractivity (Wildman–Crippen MR) is 82.0 cm³/mol. The van der Waals surface area contributed by atoms with Crippen molar-refractivity contribution in [1.29, 1.82) is 0 Å².